The fourth-order valence-electron chi connectivity index (χ4n) is 3.60. The van der Waals surface area contributed by atoms with Gasteiger partial charge in [0.15, 0.2) is 6.10 Å². The Kier molecular flexibility index (Phi) is 6.97. The maximum Gasteiger partial charge on any atom is 0.339 e. The van der Waals surface area contributed by atoms with Gasteiger partial charge in [0, 0.05) is 16.0 Å². The number of aryl methyl sites for hydroxylation is 1. The summed E-state index contributed by atoms with van der Waals surface area (Å²) in [7, 11) is 0. The molecule has 0 bridgehead atoms. The van der Waals surface area contributed by atoms with Crippen molar-refractivity contribution in [3.63, 3.8) is 0 Å². The van der Waals surface area contributed by atoms with E-state index < -0.39 is 24.3 Å². The number of ether oxygens (including phenoxy) is 2. The summed E-state index contributed by atoms with van der Waals surface area (Å²) in [5, 5.41) is 1.40. The monoisotopic (exact) mass is 443 g/mol. The summed E-state index contributed by atoms with van der Waals surface area (Å²) in [6.45, 7) is 8.95. The maximum absolute atomic E-state index is 13.2. The zero-order chi connectivity index (χ0) is 22.8. The van der Waals surface area contributed by atoms with E-state index in [0.29, 0.717) is 21.8 Å². The quantitative estimate of drug-likeness (QED) is 0.395. The lowest BCUT2D eigenvalue weighted by molar-refractivity contribution is -0.166. The molecule has 0 saturated heterocycles. The molecular formula is C25H27ClFNO3. The van der Waals surface area contributed by atoms with Crippen LogP contribution in [0, 0.1) is 6.92 Å². The topological polar surface area (TPSA) is 48.4 Å². The first kappa shape index (κ1) is 23.2. The lowest BCUT2D eigenvalue weighted by Crippen LogP contribution is -2.29. The molecule has 0 unspecified atom stereocenters. The molecule has 0 N–H and O–H groups in total. The molecule has 0 aliphatic carbocycles. The third kappa shape index (κ3) is 5.23. The molecule has 1 aromatic heterocycles. The Morgan fingerprint density at radius 1 is 1.16 bits per heavy atom. The van der Waals surface area contributed by atoms with Gasteiger partial charge in [-0.15, -0.1) is 0 Å². The minimum atomic E-state index is -0.934. The summed E-state index contributed by atoms with van der Waals surface area (Å²) in [5.74, 6) is -0.455. The normalized spacial score (nSPS) is 12.7. The van der Waals surface area contributed by atoms with Crippen molar-refractivity contribution in [1.82, 2.24) is 4.98 Å². The number of esters is 1. The van der Waals surface area contributed by atoms with Crippen LogP contribution in [0.25, 0.3) is 22.0 Å². The fourth-order valence-corrected chi connectivity index (χ4v) is 3.73. The van der Waals surface area contributed by atoms with E-state index in [1.54, 1.807) is 25.1 Å². The van der Waals surface area contributed by atoms with E-state index in [-0.39, 0.29) is 6.61 Å². The Labute approximate surface area is 187 Å². The van der Waals surface area contributed by atoms with Gasteiger partial charge in [-0.25, -0.2) is 9.18 Å². The number of hydrogen-bond acceptors (Lipinski definition) is 4. The number of carbonyl (C=O) groups excluding carboxylic acids is 1. The summed E-state index contributed by atoms with van der Waals surface area (Å²) in [6.07, 6.45) is -0.934. The van der Waals surface area contributed by atoms with E-state index >= 15 is 0 Å². The zero-order valence-corrected chi connectivity index (χ0v) is 19.2. The first-order chi connectivity index (χ1) is 14.6. The summed E-state index contributed by atoms with van der Waals surface area (Å²) >= 11 is 6.12. The average Bonchev–Trinajstić information content (AvgIpc) is 2.71. The van der Waals surface area contributed by atoms with Gasteiger partial charge >= 0.3 is 5.97 Å². The van der Waals surface area contributed by atoms with E-state index in [1.807, 2.05) is 52.0 Å². The van der Waals surface area contributed by atoms with E-state index in [0.717, 1.165) is 22.1 Å². The molecule has 6 heteroatoms. The number of rotatable bonds is 6. The zero-order valence-electron chi connectivity index (χ0n) is 18.5. The largest absolute Gasteiger partial charge is 0.464 e. The van der Waals surface area contributed by atoms with Gasteiger partial charge in [0.25, 0.3) is 0 Å². The Balaban J connectivity index is 2.37. The fraction of sp³-hybridized carbons (Fsp3) is 0.360. The molecule has 3 aromatic rings. The van der Waals surface area contributed by atoms with Gasteiger partial charge in [0.1, 0.15) is 6.67 Å². The summed E-state index contributed by atoms with van der Waals surface area (Å²) in [5.41, 5.74) is 3.59. The summed E-state index contributed by atoms with van der Waals surface area (Å²) in [6, 6.07) is 12.7. The molecule has 0 spiro atoms. The van der Waals surface area contributed by atoms with Gasteiger partial charge < -0.3 is 9.47 Å². The number of halogens is 2. The molecule has 0 aliphatic heterocycles. The van der Waals surface area contributed by atoms with Crippen LogP contribution in [0.15, 0.2) is 42.5 Å². The molecule has 0 amide bonds. The number of hydrogen-bond donors (Lipinski definition) is 0. The molecule has 4 nitrogen and oxygen atoms in total. The smallest absolute Gasteiger partial charge is 0.339 e. The number of benzene rings is 2. The predicted octanol–water partition coefficient (Wildman–Crippen LogP) is 6.75. The van der Waals surface area contributed by atoms with Crippen molar-refractivity contribution in [3.8, 4) is 11.1 Å². The Morgan fingerprint density at radius 3 is 2.42 bits per heavy atom. The number of carbonyl (C=O) groups is 1. The Bertz CT molecular complexity index is 1090. The van der Waals surface area contributed by atoms with Gasteiger partial charge in [-0.1, -0.05) is 29.8 Å². The Morgan fingerprint density at radius 2 is 1.84 bits per heavy atom. The second-order valence-electron chi connectivity index (χ2n) is 8.35. The van der Waals surface area contributed by atoms with E-state index in [9.17, 15) is 9.18 Å². The number of fused-ring (bicyclic) bond motifs is 1. The van der Waals surface area contributed by atoms with Gasteiger partial charge in [0.2, 0.25) is 0 Å². The SMILES string of the molecule is CCOC(=O)[C@@H](OC(C)(C)C)c1c(C)cc2nc(CF)ccc2c1-c1ccc(Cl)cc1. The molecule has 1 heterocycles. The van der Waals surface area contributed by atoms with Crippen molar-refractivity contribution in [2.45, 2.75) is 53.0 Å². The van der Waals surface area contributed by atoms with Gasteiger partial charge in [-0.3, -0.25) is 4.98 Å². The van der Waals surface area contributed by atoms with Crippen LogP contribution in [-0.4, -0.2) is 23.2 Å². The first-order valence-electron chi connectivity index (χ1n) is 10.2. The molecule has 0 radical (unpaired) electrons. The van der Waals surface area contributed by atoms with Crippen molar-refractivity contribution in [3.05, 3.63) is 64.3 Å². The maximum atomic E-state index is 13.2. The second-order valence-corrected chi connectivity index (χ2v) is 8.79. The number of pyridine rings is 1. The molecule has 0 aliphatic rings. The highest BCUT2D eigenvalue weighted by atomic mass is 35.5. The highest BCUT2D eigenvalue weighted by Crippen LogP contribution is 2.40. The minimum Gasteiger partial charge on any atom is -0.464 e. The summed E-state index contributed by atoms with van der Waals surface area (Å²) in [4.78, 5) is 17.5. The minimum absolute atomic E-state index is 0.243. The van der Waals surface area contributed by atoms with Crippen LogP contribution in [0.5, 0.6) is 0 Å². The van der Waals surface area contributed by atoms with Crippen LogP contribution in [0.4, 0.5) is 4.39 Å². The third-order valence-corrected chi connectivity index (χ3v) is 5.06. The summed E-state index contributed by atoms with van der Waals surface area (Å²) < 4.78 is 24.8. The van der Waals surface area contributed by atoms with Gasteiger partial charge in [-0.2, -0.15) is 0 Å². The molecule has 31 heavy (non-hydrogen) atoms. The van der Waals surface area contributed by atoms with E-state index in [4.69, 9.17) is 21.1 Å². The molecule has 0 fully saturated rings. The molecule has 164 valence electrons. The highest BCUT2D eigenvalue weighted by molar-refractivity contribution is 6.30. The van der Waals surface area contributed by atoms with Crippen LogP contribution in [-0.2, 0) is 20.9 Å². The number of alkyl halides is 1. The standard InChI is InChI=1S/C25H27ClFNO3/c1-6-30-24(29)23(31-25(3,4)5)21-15(2)13-20-19(12-11-18(14-27)28-20)22(21)16-7-9-17(26)10-8-16/h7-13,23H,6,14H2,1-5H3/t23-/m0/s1. The van der Waals surface area contributed by atoms with Crippen LogP contribution < -0.4 is 0 Å². The van der Waals surface area contributed by atoms with Gasteiger partial charge in [-0.05, 0) is 75.6 Å². The molecule has 3 rings (SSSR count). The molecule has 2 aromatic carbocycles. The van der Waals surface area contributed by atoms with Crippen LogP contribution in [0.2, 0.25) is 5.02 Å². The lowest BCUT2D eigenvalue weighted by Gasteiger charge is -2.29. The molecule has 1 atom stereocenters. The van der Waals surface area contributed by atoms with Crippen LogP contribution >= 0.6 is 11.6 Å². The number of aromatic nitrogens is 1. The Hall–Kier alpha value is -2.50. The predicted molar refractivity (Wildman–Crippen MR) is 122 cm³/mol. The lowest BCUT2D eigenvalue weighted by atomic mass is 9.88. The molecule has 0 saturated carbocycles. The van der Waals surface area contributed by atoms with Crippen LogP contribution in [0.1, 0.15) is 50.6 Å². The number of nitrogens with zero attached hydrogens (tertiary/aromatic N) is 1. The average molecular weight is 444 g/mol. The van der Waals surface area contributed by atoms with Crippen LogP contribution in [0.3, 0.4) is 0 Å². The highest BCUT2D eigenvalue weighted by Gasteiger charge is 2.33. The van der Waals surface area contributed by atoms with Crippen molar-refractivity contribution >= 4 is 28.5 Å². The second kappa shape index (κ2) is 9.33. The third-order valence-electron chi connectivity index (χ3n) is 4.80. The van der Waals surface area contributed by atoms with Crippen molar-refractivity contribution in [1.29, 1.82) is 0 Å². The van der Waals surface area contributed by atoms with Crippen molar-refractivity contribution < 1.29 is 18.7 Å². The molecular weight excluding hydrogens is 417 g/mol. The van der Waals surface area contributed by atoms with E-state index in [2.05, 4.69) is 4.98 Å². The van der Waals surface area contributed by atoms with Gasteiger partial charge in [0.05, 0.1) is 23.4 Å². The van der Waals surface area contributed by atoms with Crippen molar-refractivity contribution in [2.24, 2.45) is 0 Å². The first-order valence-corrected chi connectivity index (χ1v) is 10.6. The van der Waals surface area contributed by atoms with Crippen molar-refractivity contribution in [2.75, 3.05) is 6.61 Å². The van der Waals surface area contributed by atoms with E-state index in [1.165, 1.54) is 0 Å².